The zero-order chi connectivity index (χ0) is 18.3. The Kier molecular flexibility index (Phi) is 4.03. The number of rotatable bonds is 5. The van der Waals surface area contributed by atoms with Crippen molar-refractivity contribution in [2.45, 2.75) is 25.4 Å². The maximum absolute atomic E-state index is 12.5. The Morgan fingerprint density at radius 3 is 2.96 bits per heavy atom. The molecule has 0 radical (unpaired) electrons. The van der Waals surface area contributed by atoms with Gasteiger partial charge in [0.25, 0.3) is 0 Å². The van der Waals surface area contributed by atoms with E-state index < -0.39 is 12.1 Å². The molecule has 2 fully saturated rings. The molecule has 1 unspecified atom stereocenters. The molecule has 2 aromatic rings. The molecule has 138 valence electrons. The van der Waals surface area contributed by atoms with E-state index in [9.17, 15) is 14.7 Å². The molecule has 2 atom stereocenters. The number of piperidine rings is 1. The molecule has 0 bridgehead atoms. The van der Waals surface area contributed by atoms with Gasteiger partial charge in [-0.3, -0.25) is 4.79 Å². The van der Waals surface area contributed by atoms with Gasteiger partial charge in [-0.05, 0) is 30.7 Å². The van der Waals surface area contributed by atoms with Crippen LogP contribution < -0.4 is 10.2 Å². The highest BCUT2D eigenvalue weighted by Gasteiger charge is 2.55. The molecule has 1 aliphatic heterocycles. The number of amides is 1. The van der Waals surface area contributed by atoms with Crippen LogP contribution in [0.25, 0.3) is 11.0 Å². The SMILES string of the molecule is O=C(O)C(O)CNC(=O)[C@H]1CCN(c2ncnc3[nH]ccc23)CC12CC2. The number of aliphatic hydroxyl groups excluding tert-OH is 1. The van der Waals surface area contributed by atoms with E-state index in [0.29, 0.717) is 13.0 Å². The zero-order valence-corrected chi connectivity index (χ0v) is 14.2. The number of carboxylic acid groups (broad SMARTS) is 1. The van der Waals surface area contributed by atoms with E-state index >= 15 is 0 Å². The molecule has 1 amide bonds. The topological polar surface area (TPSA) is 131 Å². The van der Waals surface area contributed by atoms with Crippen molar-refractivity contribution in [1.82, 2.24) is 20.3 Å². The maximum Gasteiger partial charge on any atom is 0.334 e. The van der Waals surface area contributed by atoms with Gasteiger partial charge >= 0.3 is 5.97 Å². The highest BCUT2D eigenvalue weighted by Crippen LogP contribution is 2.56. The van der Waals surface area contributed by atoms with Crippen LogP contribution in [0.5, 0.6) is 0 Å². The van der Waals surface area contributed by atoms with E-state index in [1.54, 1.807) is 6.33 Å². The van der Waals surface area contributed by atoms with Crippen LogP contribution in [0.4, 0.5) is 5.82 Å². The molecule has 3 heterocycles. The van der Waals surface area contributed by atoms with Gasteiger partial charge in [0.05, 0.1) is 11.9 Å². The Bertz CT molecular complexity index is 847. The van der Waals surface area contributed by atoms with E-state index in [1.807, 2.05) is 12.3 Å². The maximum atomic E-state index is 12.5. The van der Waals surface area contributed by atoms with Gasteiger partial charge in [-0.25, -0.2) is 14.8 Å². The summed E-state index contributed by atoms with van der Waals surface area (Å²) >= 11 is 0. The Morgan fingerprint density at radius 2 is 2.23 bits per heavy atom. The van der Waals surface area contributed by atoms with Crippen molar-refractivity contribution in [1.29, 1.82) is 0 Å². The van der Waals surface area contributed by atoms with Crippen molar-refractivity contribution in [2.75, 3.05) is 24.5 Å². The summed E-state index contributed by atoms with van der Waals surface area (Å²) in [6.45, 7) is 1.17. The van der Waals surface area contributed by atoms with E-state index in [-0.39, 0.29) is 23.8 Å². The smallest absolute Gasteiger partial charge is 0.334 e. The number of H-pyrrole nitrogens is 1. The fraction of sp³-hybridized carbons (Fsp3) is 0.529. The van der Waals surface area contributed by atoms with Gasteiger partial charge < -0.3 is 25.4 Å². The predicted molar refractivity (Wildman–Crippen MR) is 92.5 cm³/mol. The van der Waals surface area contributed by atoms with Crippen LogP contribution in [0.15, 0.2) is 18.6 Å². The van der Waals surface area contributed by atoms with Crippen LogP contribution >= 0.6 is 0 Å². The fourth-order valence-electron chi connectivity index (χ4n) is 3.94. The Balaban J connectivity index is 1.46. The lowest BCUT2D eigenvalue weighted by Gasteiger charge is -2.39. The molecule has 4 N–H and O–H groups in total. The Morgan fingerprint density at radius 1 is 1.42 bits per heavy atom. The number of hydrogen-bond donors (Lipinski definition) is 4. The number of nitrogens with one attached hydrogen (secondary N) is 2. The molecule has 4 rings (SSSR count). The molecule has 2 aromatic heterocycles. The van der Waals surface area contributed by atoms with Crippen molar-refractivity contribution in [3.05, 3.63) is 18.6 Å². The third-order valence-electron chi connectivity index (χ3n) is 5.53. The van der Waals surface area contributed by atoms with E-state index in [2.05, 4.69) is 25.2 Å². The number of aliphatic carboxylic acids is 1. The van der Waals surface area contributed by atoms with Gasteiger partial charge in [-0.15, -0.1) is 0 Å². The summed E-state index contributed by atoms with van der Waals surface area (Å²) in [7, 11) is 0. The number of carbonyl (C=O) groups excluding carboxylic acids is 1. The number of nitrogens with zero attached hydrogens (tertiary/aromatic N) is 3. The van der Waals surface area contributed by atoms with Gasteiger partial charge in [-0.1, -0.05) is 0 Å². The molecular formula is C17H21N5O4. The normalized spacial score (nSPS) is 22.3. The summed E-state index contributed by atoms with van der Waals surface area (Å²) in [4.78, 5) is 37.2. The van der Waals surface area contributed by atoms with Crippen molar-refractivity contribution < 1.29 is 19.8 Å². The minimum Gasteiger partial charge on any atom is -0.479 e. The van der Waals surface area contributed by atoms with E-state index in [4.69, 9.17) is 5.11 Å². The van der Waals surface area contributed by atoms with Crippen LogP contribution in [-0.4, -0.2) is 62.8 Å². The second-order valence-corrected chi connectivity index (χ2v) is 7.16. The van der Waals surface area contributed by atoms with Crippen molar-refractivity contribution in [3.63, 3.8) is 0 Å². The summed E-state index contributed by atoms with van der Waals surface area (Å²) in [5.74, 6) is -0.788. The van der Waals surface area contributed by atoms with Crippen LogP contribution in [0.3, 0.4) is 0 Å². The number of anilines is 1. The summed E-state index contributed by atoms with van der Waals surface area (Å²) in [5, 5.41) is 21.6. The molecule has 1 saturated heterocycles. The number of aliphatic hydroxyl groups is 1. The molecule has 0 aromatic carbocycles. The lowest BCUT2D eigenvalue weighted by Crippen LogP contribution is -2.49. The summed E-state index contributed by atoms with van der Waals surface area (Å²) in [6, 6.07) is 1.95. The first kappa shape index (κ1) is 16.8. The molecule has 9 heteroatoms. The molecule has 1 saturated carbocycles. The average molecular weight is 359 g/mol. The lowest BCUT2D eigenvalue weighted by atomic mass is 9.81. The fourth-order valence-corrected chi connectivity index (χ4v) is 3.94. The van der Waals surface area contributed by atoms with Gasteiger partial charge in [0.2, 0.25) is 5.91 Å². The van der Waals surface area contributed by atoms with E-state index in [1.165, 1.54) is 0 Å². The largest absolute Gasteiger partial charge is 0.479 e. The highest BCUT2D eigenvalue weighted by atomic mass is 16.4. The van der Waals surface area contributed by atoms with Gasteiger partial charge in [0.15, 0.2) is 6.10 Å². The second kappa shape index (κ2) is 6.24. The summed E-state index contributed by atoms with van der Waals surface area (Å²) < 4.78 is 0. The quantitative estimate of drug-likeness (QED) is 0.596. The standard InChI is InChI=1S/C17H21N5O4/c23-12(16(25)26)7-19-15(24)11-2-6-22(8-17(11)3-4-17)14-10-1-5-18-13(10)20-9-21-14/h1,5,9,11-12,23H,2-4,6-8H2,(H,19,24)(H,25,26)(H,18,20,21)/t11-,12?/m1/s1. The summed E-state index contributed by atoms with van der Waals surface area (Å²) in [6.07, 6.45) is 4.40. The average Bonchev–Trinajstić information content (AvgIpc) is 3.20. The number of carbonyl (C=O) groups is 2. The molecule has 1 spiro atoms. The molecule has 1 aliphatic carbocycles. The number of fused-ring (bicyclic) bond motifs is 1. The van der Waals surface area contributed by atoms with Gasteiger partial charge in [0, 0.05) is 25.2 Å². The van der Waals surface area contributed by atoms with Gasteiger partial charge in [-0.2, -0.15) is 0 Å². The number of aromatic nitrogens is 3. The third kappa shape index (κ3) is 2.88. The van der Waals surface area contributed by atoms with Crippen LogP contribution in [0, 0.1) is 11.3 Å². The minimum atomic E-state index is -1.57. The van der Waals surface area contributed by atoms with Crippen molar-refractivity contribution in [2.24, 2.45) is 11.3 Å². The molecule has 2 aliphatic rings. The molecular weight excluding hydrogens is 338 g/mol. The van der Waals surface area contributed by atoms with Crippen LogP contribution in [0.2, 0.25) is 0 Å². The first-order valence-corrected chi connectivity index (χ1v) is 8.72. The van der Waals surface area contributed by atoms with Gasteiger partial charge in [0.1, 0.15) is 17.8 Å². The lowest BCUT2D eigenvalue weighted by molar-refractivity contribution is -0.146. The van der Waals surface area contributed by atoms with Crippen molar-refractivity contribution >= 4 is 28.7 Å². The van der Waals surface area contributed by atoms with Crippen molar-refractivity contribution in [3.8, 4) is 0 Å². The number of carboxylic acids is 1. The highest BCUT2D eigenvalue weighted by molar-refractivity contribution is 5.88. The first-order chi connectivity index (χ1) is 12.5. The molecule has 26 heavy (non-hydrogen) atoms. The Labute approximate surface area is 149 Å². The summed E-state index contributed by atoms with van der Waals surface area (Å²) in [5.41, 5.74) is 0.701. The molecule has 9 nitrogen and oxygen atoms in total. The third-order valence-corrected chi connectivity index (χ3v) is 5.53. The second-order valence-electron chi connectivity index (χ2n) is 7.16. The first-order valence-electron chi connectivity index (χ1n) is 8.72. The van der Waals surface area contributed by atoms with Crippen LogP contribution in [-0.2, 0) is 9.59 Å². The van der Waals surface area contributed by atoms with Crippen LogP contribution in [0.1, 0.15) is 19.3 Å². The zero-order valence-electron chi connectivity index (χ0n) is 14.2. The Hall–Kier alpha value is -2.68. The monoisotopic (exact) mass is 359 g/mol. The minimum absolute atomic E-state index is 0.0932. The van der Waals surface area contributed by atoms with E-state index in [0.717, 1.165) is 36.2 Å². The number of hydrogen-bond acceptors (Lipinski definition) is 6. The number of aromatic amines is 1. The predicted octanol–water partition coefficient (Wildman–Crippen LogP) is 0.126.